The quantitative estimate of drug-likeness (QED) is 0.747. The van der Waals surface area contributed by atoms with Crippen LogP contribution in [0.1, 0.15) is 26.3 Å². The van der Waals surface area contributed by atoms with E-state index in [-0.39, 0.29) is 11.6 Å². The van der Waals surface area contributed by atoms with Crippen molar-refractivity contribution in [2.24, 2.45) is 0 Å². The fraction of sp³-hybridized carbons (Fsp3) is 0. The number of carbonyl (C=O) groups is 2. The predicted molar refractivity (Wildman–Crippen MR) is 72.3 cm³/mol. The summed E-state index contributed by atoms with van der Waals surface area (Å²) in [6, 6.07) is 10.1. The number of carbonyl (C=O) groups excluding carboxylic acids is 2. The van der Waals surface area contributed by atoms with Gasteiger partial charge in [0.15, 0.2) is 11.6 Å². The highest BCUT2D eigenvalue weighted by Gasteiger charge is 2.25. The number of benzene rings is 1. The second kappa shape index (κ2) is 4.44. The van der Waals surface area contributed by atoms with E-state index in [0.29, 0.717) is 27.4 Å². The van der Waals surface area contributed by atoms with E-state index in [2.05, 4.69) is 4.98 Å². The van der Waals surface area contributed by atoms with Crippen molar-refractivity contribution in [1.82, 2.24) is 4.98 Å². The van der Waals surface area contributed by atoms with Gasteiger partial charge in [0.05, 0.1) is 0 Å². The van der Waals surface area contributed by atoms with Crippen LogP contribution < -0.4 is 0 Å². The lowest BCUT2D eigenvalue weighted by Crippen LogP contribution is -2.16. The molecule has 3 rings (SSSR count). The van der Waals surface area contributed by atoms with Crippen molar-refractivity contribution < 1.29 is 9.59 Å². The summed E-state index contributed by atoms with van der Waals surface area (Å²) in [6.45, 7) is 0. The summed E-state index contributed by atoms with van der Waals surface area (Å²) in [6.07, 6.45) is 2.85. The number of halogens is 1. The molecular formula is C15H8ClNO2. The Morgan fingerprint density at radius 2 is 1.68 bits per heavy atom. The highest BCUT2D eigenvalue weighted by atomic mass is 35.5. The molecule has 0 unspecified atom stereocenters. The number of aromatic nitrogens is 1. The zero-order valence-electron chi connectivity index (χ0n) is 9.76. The van der Waals surface area contributed by atoms with Crippen LogP contribution in [0.2, 0.25) is 5.15 Å². The van der Waals surface area contributed by atoms with Gasteiger partial charge < -0.3 is 0 Å². The molecule has 4 heteroatoms. The minimum absolute atomic E-state index is 0.167. The van der Waals surface area contributed by atoms with Gasteiger partial charge in [0.1, 0.15) is 5.15 Å². The van der Waals surface area contributed by atoms with Crippen molar-refractivity contribution in [1.29, 1.82) is 0 Å². The van der Waals surface area contributed by atoms with Crippen molar-refractivity contribution in [3.05, 3.63) is 70.5 Å². The number of allylic oxidation sites excluding steroid dienone is 2. The first-order chi connectivity index (χ1) is 9.16. The van der Waals surface area contributed by atoms with E-state index in [4.69, 9.17) is 11.6 Å². The summed E-state index contributed by atoms with van der Waals surface area (Å²) in [5.74, 6) is -0.334. The number of ketones is 2. The number of pyridine rings is 1. The van der Waals surface area contributed by atoms with Crippen LogP contribution in [0.25, 0.3) is 5.57 Å². The lowest BCUT2D eigenvalue weighted by molar-refractivity contribution is 0.100. The molecule has 1 aliphatic carbocycles. The van der Waals surface area contributed by atoms with E-state index in [0.717, 1.165) is 0 Å². The van der Waals surface area contributed by atoms with Gasteiger partial charge in [-0.3, -0.25) is 9.59 Å². The first kappa shape index (κ1) is 11.8. The molecule has 1 aromatic heterocycles. The molecular weight excluding hydrogens is 262 g/mol. The summed E-state index contributed by atoms with van der Waals surface area (Å²) in [5, 5.41) is 0.347. The van der Waals surface area contributed by atoms with Gasteiger partial charge in [-0.15, -0.1) is 0 Å². The molecule has 1 aliphatic rings. The normalized spacial score (nSPS) is 14.1. The summed E-state index contributed by atoms with van der Waals surface area (Å²) in [5.41, 5.74) is 1.82. The lowest BCUT2D eigenvalue weighted by atomic mass is 9.87. The Morgan fingerprint density at radius 3 is 2.37 bits per heavy atom. The molecule has 3 nitrogen and oxygen atoms in total. The maximum absolute atomic E-state index is 12.4. The van der Waals surface area contributed by atoms with Crippen LogP contribution in [0.15, 0.2) is 48.7 Å². The third-order valence-electron chi connectivity index (χ3n) is 3.00. The summed E-state index contributed by atoms with van der Waals surface area (Å²) in [7, 11) is 0. The minimum Gasteiger partial charge on any atom is -0.289 e. The topological polar surface area (TPSA) is 47.0 Å². The number of rotatable bonds is 1. The molecule has 1 aromatic carbocycles. The zero-order valence-corrected chi connectivity index (χ0v) is 10.5. The Hall–Kier alpha value is -2.26. The smallest absolute Gasteiger partial charge is 0.194 e. The lowest BCUT2D eigenvalue weighted by Gasteiger charge is -2.14. The van der Waals surface area contributed by atoms with E-state index in [1.165, 1.54) is 12.3 Å². The molecule has 2 aromatic rings. The number of Topliss-reactive ketones (excluding diaryl/α,β-unsaturated/α-hetero) is 1. The largest absolute Gasteiger partial charge is 0.289 e. The van der Waals surface area contributed by atoms with Gasteiger partial charge in [-0.05, 0) is 18.2 Å². The van der Waals surface area contributed by atoms with Gasteiger partial charge in [0, 0.05) is 28.5 Å². The molecule has 0 aliphatic heterocycles. The first-order valence-electron chi connectivity index (χ1n) is 5.68. The molecule has 0 radical (unpaired) electrons. The Labute approximate surface area is 114 Å². The molecule has 1 heterocycles. The predicted octanol–water partition coefficient (Wildman–Crippen LogP) is 3.20. The third kappa shape index (κ3) is 1.98. The Bertz CT molecular complexity index is 717. The molecule has 0 saturated carbocycles. The van der Waals surface area contributed by atoms with Crippen molar-refractivity contribution in [3.63, 3.8) is 0 Å². The fourth-order valence-corrected chi connectivity index (χ4v) is 2.18. The second-order valence-corrected chi connectivity index (χ2v) is 4.55. The van der Waals surface area contributed by atoms with Crippen molar-refractivity contribution in [2.75, 3.05) is 0 Å². The van der Waals surface area contributed by atoms with Gasteiger partial charge in [-0.1, -0.05) is 35.9 Å². The summed E-state index contributed by atoms with van der Waals surface area (Å²) < 4.78 is 0. The Kier molecular flexibility index (Phi) is 2.76. The first-order valence-corrected chi connectivity index (χ1v) is 6.06. The van der Waals surface area contributed by atoms with Gasteiger partial charge in [-0.2, -0.15) is 0 Å². The van der Waals surface area contributed by atoms with Gasteiger partial charge in [0.25, 0.3) is 0 Å². The maximum atomic E-state index is 12.4. The molecule has 0 saturated heterocycles. The fourth-order valence-electron chi connectivity index (χ4n) is 2.07. The second-order valence-electron chi connectivity index (χ2n) is 4.17. The van der Waals surface area contributed by atoms with E-state index in [1.807, 2.05) is 0 Å². The van der Waals surface area contributed by atoms with Crippen LogP contribution >= 0.6 is 11.6 Å². The SMILES string of the molecule is O=C1C=C(c2ccc(Cl)nc2)C(=O)c2ccccc21. The van der Waals surface area contributed by atoms with Crippen LogP contribution in [0.5, 0.6) is 0 Å². The summed E-state index contributed by atoms with van der Waals surface area (Å²) in [4.78, 5) is 28.3. The highest BCUT2D eigenvalue weighted by Crippen LogP contribution is 2.27. The van der Waals surface area contributed by atoms with Crippen LogP contribution in [0, 0.1) is 0 Å². The Morgan fingerprint density at radius 1 is 0.947 bits per heavy atom. The molecule has 92 valence electrons. The van der Waals surface area contributed by atoms with Crippen LogP contribution in [-0.4, -0.2) is 16.6 Å². The molecule has 0 N–H and O–H groups in total. The highest BCUT2D eigenvalue weighted by molar-refractivity contribution is 6.38. The average molecular weight is 270 g/mol. The molecule has 0 atom stereocenters. The monoisotopic (exact) mass is 269 g/mol. The van der Waals surface area contributed by atoms with Gasteiger partial charge in [0.2, 0.25) is 0 Å². The molecule has 0 spiro atoms. The maximum Gasteiger partial charge on any atom is 0.194 e. The van der Waals surface area contributed by atoms with Crippen molar-refractivity contribution in [2.45, 2.75) is 0 Å². The van der Waals surface area contributed by atoms with Crippen molar-refractivity contribution >= 4 is 28.7 Å². The van der Waals surface area contributed by atoms with Gasteiger partial charge >= 0.3 is 0 Å². The number of hydrogen-bond acceptors (Lipinski definition) is 3. The molecule has 19 heavy (non-hydrogen) atoms. The van der Waals surface area contributed by atoms with E-state index in [9.17, 15) is 9.59 Å². The van der Waals surface area contributed by atoms with E-state index in [1.54, 1.807) is 36.4 Å². The molecule has 0 amide bonds. The van der Waals surface area contributed by atoms with Crippen molar-refractivity contribution in [3.8, 4) is 0 Å². The van der Waals surface area contributed by atoms with Crippen LogP contribution in [-0.2, 0) is 0 Å². The summed E-state index contributed by atoms with van der Waals surface area (Å²) >= 11 is 5.71. The average Bonchev–Trinajstić information content (AvgIpc) is 2.44. The van der Waals surface area contributed by atoms with Crippen LogP contribution in [0.4, 0.5) is 0 Å². The van der Waals surface area contributed by atoms with Crippen LogP contribution in [0.3, 0.4) is 0 Å². The number of fused-ring (bicyclic) bond motifs is 1. The number of nitrogens with zero attached hydrogens (tertiary/aromatic N) is 1. The molecule has 0 bridgehead atoms. The minimum atomic E-state index is -0.167. The van der Waals surface area contributed by atoms with E-state index >= 15 is 0 Å². The van der Waals surface area contributed by atoms with Gasteiger partial charge in [-0.25, -0.2) is 4.98 Å². The third-order valence-corrected chi connectivity index (χ3v) is 3.22. The standard InChI is InChI=1S/C15H8ClNO2/c16-14-6-5-9(8-17-14)12-7-13(18)10-3-1-2-4-11(10)15(12)19/h1-8H. The van der Waals surface area contributed by atoms with E-state index < -0.39 is 0 Å². The molecule has 0 fully saturated rings. The Balaban J connectivity index is 2.13. The number of hydrogen-bond donors (Lipinski definition) is 0. The zero-order chi connectivity index (χ0) is 13.4.